The third-order valence-electron chi connectivity index (χ3n) is 5.12. The number of ether oxygens (including phenoxy) is 3. The maximum absolute atomic E-state index is 12.8. The van der Waals surface area contributed by atoms with Gasteiger partial charge >= 0.3 is 12.1 Å². The quantitative estimate of drug-likeness (QED) is 0.737. The van der Waals surface area contributed by atoms with Gasteiger partial charge in [-0.3, -0.25) is 0 Å². The second kappa shape index (κ2) is 6.42. The molecule has 1 saturated carbocycles. The largest absolute Gasteiger partial charge is 0.497 e. The lowest BCUT2D eigenvalue weighted by Crippen LogP contribution is -2.41. The smallest absolute Gasteiger partial charge is 0.491 e. The maximum Gasteiger partial charge on any atom is 0.491 e. The van der Waals surface area contributed by atoms with Crippen molar-refractivity contribution in [1.29, 1.82) is 0 Å². The highest BCUT2D eigenvalue weighted by Gasteiger charge is 2.48. The predicted octanol–water partition coefficient (Wildman–Crippen LogP) is 3.52. The van der Waals surface area contributed by atoms with Crippen molar-refractivity contribution in [3.05, 3.63) is 23.4 Å². The summed E-state index contributed by atoms with van der Waals surface area (Å²) in [5, 5.41) is 0.703. The van der Waals surface area contributed by atoms with Crippen molar-refractivity contribution < 1.29 is 32.2 Å². The molecule has 1 unspecified atom stereocenters. The molecule has 2 aliphatic rings. The SMILES string of the molecule is COc1cc(OC)c2nc(C)c3c(c2c1)N(C1CC1)C(OC(=O)C(F)(F)F)C3. The third kappa shape index (κ3) is 2.98. The van der Waals surface area contributed by atoms with Gasteiger partial charge in [0.05, 0.1) is 19.9 Å². The summed E-state index contributed by atoms with van der Waals surface area (Å²) in [6, 6.07) is 3.51. The summed E-state index contributed by atoms with van der Waals surface area (Å²) in [6.07, 6.45) is -4.25. The lowest BCUT2D eigenvalue weighted by Gasteiger charge is -2.28. The van der Waals surface area contributed by atoms with E-state index in [2.05, 4.69) is 4.98 Å². The van der Waals surface area contributed by atoms with Crippen LogP contribution in [0.25, 0.3) is 10.9 Å². The summed E-state index contributed by atoms with van der Waals surface area (Å²) in [6.45, 7) is 1.79. The topological polar surface area (TPSA) is 60.9 Å². The first kappa shape index (κ1) is 18.6. The Bertz CT molecular complexity index is 957. The normalized spacial score (nSPS) is 18.9. The van der Waals surface area contributed by atoms with Crippen LogP contribution in [-0.2, 0) is 16.0 Å². The number of fused-ring (bicyclic) bond motifs is 3. The van der Waals surface area contributed by atoms with Gasteiger partial charge in [-0.1, -0.05) is 0 Å². The van der Waals surface area contributed by atoms with Crippen molar-refractivity contribution in [2.75, 3.05) is 19.1 Å². The summed E-state index contributed by atoms with van der Waals surface area (Å²) in [7, 11) is 3.04. The first-order valence-electron chi connectivity index (χ1n) is 8.86. The molecule has 0 bridgehead atoms. The minimum atomic E-state index is -5.04. The van der Waals surface area contributed by atoms with Crippen molar-refractivity contribution in [2.45, 2.75) is 44.6 Å². The van der Waals surface area contributed by atoms with Gasteiger partial charge in [0.15, 0.2) is 6.23 Å². The molecule has 0 amide bonds. The maximum atomic E-state index is 12.8. The predicted molar refractivity (Wildman–Crippen MR) is 94.7 cm³/mol. The Labute approximate surface area is 159 Å². The van der Waals surface area contributed by atoms with E-state index in [0.29, 0.717) is 28.1 Å². The number of hydrogen-bond acceptors (Lipinski definition) is 6. The van der Waals surface area contributed by atoms with Crippen LogP contribution in [0.1, 0.15) is 24.1 Å². The van der Waals surface area contributed by atoms with Crippen LogP contribution in [0.2, 0.25) is 0 Å². The highest BCUT2D eigenvalue weighted by atomic mass is 19.4. The molecule has 6 nitrogen and oxygen atoms in total. The zero-order valence-electron chi connectivity index (χ0n) is 15.6. The van der Waals surface area contributed by atoms with Gasteiger partial charge < -0.3 is 19.1 Å². The Morgan fingerprint density at radius 3 is 2.50 bits per heavy atom. The van der Waals surface area contributed by atoms with Gasteiger partial charge in [-0.25, -0.2) is 9.78 Å². The van der Waals surface area contributed by atoms with Crippen molar-refractivity contribution >= 4 is 22.6 Å². The van der Waals surface area contributed by atoms with Gasteiger partial charge in [0, 0.05) is 35.2 Å². The van der Waals surface area contributed by atoms with Crippen LogP contribution in [0.4, 0.5) is 18.9 Å². The van der Waals surface area contributed by atoms with Crippen LogP contribution in [0.3, 0.4) is 0 Å². The Kier molecular flexibility index (Phi) is 4.28. The Morgan fingerprint density at radius 1 is 1.21 bits per heavy atom. The van der Waals surface area contributed by atoms with Crippen LogP contribution in [0.15, 0.2) is 12.1 Å². The first-order valence-corrected chi connectivity index (χ1v) is 8.86. The van der Waals surface area contributed by atoms with E-state index >= 15 is 0 Å². The molecule has 1 aromatic carbocycles. The standard InChI is InChI=1S/C19H19F3N2O4/c1-9-12-8-15(28-18(25)19(20,21)22)24(10-4-5-10)17(12)13-6-11(26-2)7-14(27-3)16(13)23-9/h6-7,10,15H,4-5,8H2,1-3H3. The number of pyridine rings is 1. The van der Waals surface area contributed by atoms with E-state index in [1.165, 1.54) is 14.2 Å². The number of carbonyl (C=O) groups is 1. The number of anilines is 1. The lowest BCUT2D eigenvalue weighted by atomic mass is 10.1. The summed E-state index contributed by atoms with van der Waals surface area (Å²) in [5.41, 5.74) is 2.77. The monoisotopic (exact) mass is 396 g/mol. The number of nitrogens with zero attached hydrogens (tertiary/aromatic N) is 2. The van der Waals surface area contributed by atoms with Crippen molar-refractivity contribution in [3.8, 4) is 11.5 Å². The number of hydrogen-bond donors (Lipinski definition) is 0. The number of aromatic nitrogens is 1. The molecule has 0 radical (unpaired) electrons. The molecule has 1 fully saturated rings. The number of aryl methyl sites for hydroxylation is 1. The van der Waals surface area contributed by atoms with E-state index in [4.69, 9.17) is 14.2 Å². The second-order valence-electron chi connectivity index (χ2n) is 6.95. The Balaban J connectivity index is 1.87. The lowest BCUT2D eigenvalue weighted by molar-refractivity contribution is -0.204. The van der Waals surface area contributed by atoms with Gasteiger partial charge in [-0.05, 0) is 25.8 Å². The van der Waals surface area contributed by atoms with Crippen molar-refractivity contribution in [2.24, 2.45) is 0 Å². The Hall–Kier alpha value is -2.71. The fourth-order valence-corrected chi connectivity index (χ4v) is 3.74. The average molecular weight is 396 g/mol. The number of halogens is 3. The molecule has 150 valence electrons. The molecule has 4 rings (SSSR count). The van der Waals surface area contributed by atoms with Gasteiger partial charge in [0.1, 0.15) is 17.0 Å². The van der Waals surface area contributed by atoms with Crippen LogP contribution in [0, 0.1) is 6.92 Å². The van der Waals surface area contributed by atoms with Gasteiger partial charge in [-0.2, -0.15) is 13.2 Å². The van der Waals surface area contributed by atoms with E-state index < -0.39 is 18.4 Å². The number of benzene rings is 1. The van der Waals surface area contributed by atoms with Crippen LogP contribution < -0.4 is 14.4 Å². The summed E-state index contributed by atoms with van der Waals surface area (Å²) in [4.78, 5) is 17.9. The van der Waals surface area contributed by atoms with Crippen LogP contribution in [0.5, 0.6) is 11.5 Å². The zero-order valence-corrected chi connectivity index (χ0v) is 15.6. The third-order valence-corrected chi connectivity index (χ3v) is 5.12. The number of alkyl halides is 3. The average Bonchev–Trinajstić information content (AvgIpc) is 3.41. The van der Waals surface area contributed by atoms with Gasteiger partial charge in [-0.15, -0.1) is 0 Å². The summed E-state index contributed by atoms with van der Waals surface area (Å²) < 4.78 is 53.9. The highest BCUT2D eigenvalue weighted by molar-refractivity contribution is 5.99. The van der Waals surface area contributed by atoms with Crippen LogP contribution >= 0.6 is 0 Å². The van der Waals surface area contributed by atoms with E-state index in [1.54, 1.807) is 24.0 Å². The zero-order chi connectivity index (χ0) is 20.2. The Morgan fingerprint density at radius 2 is 1.93 bits per heavy atom. The minimum Gasteiger partial charge on any atom is -0.497 e. The molecule has 2 aromatic rings. The summed E-state index contributed by atoms with van der Waals surface area (Å²) in [5.74, 6) is -1.13. The molecule has 1 atom stereocenters. The van der Waals surface area contributed by atoms with E-state index in [1.807, 2.05) is 0 Å². The number of rotatable bonds is 4. The number of carbonyl (C=O) groups excluding carboxylic acids is 1. The molecular formula is C19H19F3N2O4. The van der Waals surface area contributed by atoms with Gasteiger partial charge in [0.2, 0.25) is 0 Å². The molecular weight excluding hydrogens is 377 g/mol. The molecule has 0 saturated heterocycles. The molecule has 0 N–H and O–H groups in total. The molecule has 1 aliphatic carbocycles. The molecule has 1 aliphatic heterocycles. The highest BCUT2D eigenvalue weighted by Crippen LogP contribution is 2.48. The first-order chi connectivity index (χ1) is 13.2. The number of esters is 1. The molecule has 0 spiro atoms. The van der Waals surface area contributed by atoms with E-state index in [0.717, 1.165) is 24.1 Å². The second-order valence-corrected chi connectivity index (χ2v) is 6.95. The molecule has 1 aromatic heterocycles. The van der Waals surface area contributed by atoms with Crippen molar-refractivity contribution in [1.82, 2.24) is 4.98 Å². The van der Waals surface area contributed by atoms with E-state index in [9.17, 15) is 18.0 Å². The summed E-state index contributed by atoms with van der Waals surface area (Å²) >= 11 is 0. The fourth-order valence-electron chi connectivity index (χ4n) is 3.74. The molecule has 2 heterocycles. The van der Waals surface area contributed by atoms with Crippen molar-refractivity contribution in [3.63, 3.8) is 0 Å². The van der Waals surface area contributed by atoms with Gasteiger partial charge in [0.25, 0.3) is 0 Å². The molecule has 28 heavy (non-hydrogen) atoms. The van der Waals surface area contributed by atoms with Crippen LogP contribution in [-0.4, -0.2) is 43.6 Å². The van der Waals surface area contributed by atoms with E-state index in [-0.39, 0.29) is 12.5 Å². The molecule has 9 heteroatoms. The number of methoxy groups -OCH3 is 2. The fraction of sp³-hybridized carbons (Fsp3) is 0.474. The minimum absolute atomic E-state index is 0.0227.